The first-order valence-corrected chi connectivity index (χ1v) is 6.37. The zero-order valence-electron chi connectivity index (χ0n) is 10.4. The maximum absolute atomic E-state index is 3.35. The van der Waals surface area contributed by atoms with Crippen LogP contribution in [0, 0.1) is 0 Å². The van der Waals surface area contributed by atoms with Gasteiger partial charge < -0.3 is 10.2 Å². The lowest BCUT2D eigenvalue weighted by molar-refractivity contribution is 0.724. The summed E-state index contributed by atoms with van der Waals surface area (Å²) >= 11 is 0. The number of benzene rings is 1. The van der Waals surface area contributed by atoms with E-state index in [1.54, 1.807) is 0 Å². The van der Waals surface area contributed by atoms with Crippen LogP contribution in [0.25, 0.3) is 0 Å². The van der Waals surface area contributed by atoms with Crippen LogP contribution in [0.15, 0.2) is 24.3 Å². The zero-order chi connectivity index (χ0) is 11.4. The second-order valence-electron chi connectivity index (χ2n) is 4.63. The van der Waals surface area contributed by atoms with Crippen LogP contribution >= 0.6 is 0 Å². The molecular formula is C14H22N2. The first kappa shape index (κ1) is 11.5. The van der Waals surface area contributed by atoms with Crippen LogP contribution in [-0.2, 0) is 6.54 Å². The summed E-state index contributed by atoms with van der Waals surface area (Å²) in [6, 6.07) is 9.70. The molecule has 16 heavy (non-hydrogen) atoms. The van der Waals surface area contributed by atoms with Crippen molar-refractivity contribution in [3.05, 3.63) is 29.8 Å². The van der Waals surface area contributed by atoms with Gasteiger partial charge in [-0.1, -0.05) is 19.1 Å². The minimum absolute atomic E-state index is 0.708. The molecule has 1 aliphatic rings. The molecule has 0 radical (unpaired) electrons. The van der Waals surface area contributed by atoms with Gasteiger partial charge in [-0.3, -0.25) is 0 Å². The van der Waals surface area contributed by atoms with E-state index in [9.17, 15) is 0 Å². The van der Waals surface area contributed by atoms with Gasteiger partial charge in [0.1, 0.15) is 0 Å². The van der Waals surface area contributed by atoms with Crippen LogP contribution < -0.4 is 10.2 Å². The molecule has 2 heteroatoms. The van der Waals surface area contributed by atoms with Gasteiger partial charge in [0.05, 0.1) is 0 Å². The average Bonchev–Trinajstić information content (AvgIpc) is 2.74. The Bertz CT molecular complexity index is 318. The SMILES string of the molecule is CCNCc1ccc(N2CCCC2C)cc1. The van der Waals surface area contributed by atoms with Crippen molar-refractivity contribution in [2.24, 2.45) is 0 Å². The highest BCUT2D eigenvalue weighted by atomic mass is 15.2. The van der Waals surface area contributed by atoms with Crippen molar-refractivity contribution in [1.29, 1.82) is 0 Å². The molecule has 1 aromatic rings. The Kier molecular flexibility index (Phi) is 3.83. The highest BCUT2D eigenvalue weighted by Crippen LogP contribution is 2.25. The molecule has 1 atom stereocenters. The third-order valence-electron chi connectivity index (χ3n) is 3.40. The van der Waals surface area contributed by atoms with E-state index in [1.807, 2.05) is 0 Å². The number of nitrogens with one attached hydrogen (secondary N) is 1. The lowest BCUT2D eigenvalue weighted by Crippen LogP contribution is -2.26. The van der Waals surface area contributed by atoms with E-state index in [4.69, 9.17) is 0 Å². The van der Waals surface area contributed by atoms with Gasteiger partial charge in [-0.25, -0.2) is 0 Å². The predicted molar refractivity (Wildman–Crippen MR) is 69.9 cm³/mol. The molecule has 0 aliphatic carbocycles. The van der Waals surface area contributed by atoms with Crippen molar-refractivity contribution >= 4 is 5.69 Å². The molecule has 0 saturated carbocycles. The summed E-state index contributed by atoms with van der Waals surface area (Å²) in [5, 5.41) is 3.35. The lowest BCUT2D eigenvalue weighted by atomic mass is 10.2. The quantitative estimate of drug-likeness (QED) is 0.836. The zero-order valence-corrected chi connectivity index (χ0v) is 10.4. The van der Waals surface area contributed by atoms with E-state index in [-0.39, 0.29) is 0 Å². The molecule has 1 aliphatic heterocycles. The number of anilines is 1. The number of nitrogens with zero attached hydrogens (tertiary/aromatic N) is 1. The van der Waals surface area contributed by atoms with Crippen molar-refractivity contribution in [3.63, 3.8) is 0 Å². The third-order valence-corrected chi connectivity index (χ3v) is 3.40. The predicted octanol–water partition coefficient (Wildman–Crippen LogP) is 2.78. The summed E-state index contributed by atoms with van der Waals surface area (Å²) in [5.41, 5.74) is 2.75. The second-order valence-corrected chi connectivity index (χ2v) is 4.63. The molecule has 2 nitrogen and oxygen atoms in total. The molecule has 0 aromatic heterocycles. The van der Waals surface area contributed by atoms with Crippen LogP contribution in [0.2, 0.25) is 0 Å². The molecule has 1 unspecified atom stereocenters. The molecule has 1 fully saturated rings. The summed E-state index contributed by atoms with van der Waals surface area (Å²) in [5.74, 6) is 0. The maximum atomic E-state index is 3.35. The minimum Gasteiger partial charge on any atom is -0.369 e. The first-order chi connectivity index (χ1) is 7.81. The van der Waals surface area contributed by atoms with Gasteiger partial charge in [0.15, 0.2) is 0 Å². The second kappa shape index (κ2) is 5.35. The molecule has 0 spiro atoms. The fourth-order valence-electron chi connectivity index (χ4n) is 2.39. The van der Waals surface area contributed by atoms with E-state index in [0.29, 0.717) is 6.04 Å². The van der Waals surface area contributed by atoms with E-state index >= 15 is 0 Å². The standard InChI is InChI=1S/C14H22N2/c1-3-15-11-13-6-8-14(9-7-13)16-10-4-5-12(16)2/h6-9,12,15H,3-5,10-11H2,1-2H3. The molecule has 88 valence electrons. The molecule has 0 bridgehead atoms. The topological polar surface area (TPSA) is 15.3 Å². The number of rotatable bonds is 4. The van der Waals surface area contributed by atoms with Crippen molar-refractivity contribution in [1.82, 2.24) is 5.32 Å². The van der Waals surface area contributed by atoms with Crippen molar-refractivity contribution in [3.8, 4) is 0 Å². The Labute approximate surface area is 98.7 Å². The van der Waals surface area contributed by atoms with Gasteiger partial charge in [0.25, 0.3) is 0 Å². The summed E-state index contributed by atoms with van der Waals surface area (Å²) < 4.78 is 0. The monoisotopic (exact) mass is 218 g/mol. The van der Waals surface area contributed by atoms with E-state index < -0.39 is 0 Å². The Hall–Kier alpha value is -1.02. The highest BCUT2D eigenvalue weighted by molar-refractivity contribution is 5.49. The fraction of sp³-hybridized carbons (Fsp3) is 0.571. The van der Waals surface area contributed by atoms with Crippen LogP contribution in [0.1, 0.15) is 32.3 Å². The average molecular weight is 218 g/mol. The van der Waals surface area contributed by atoms with E-state index in [1.165, 1.54) is 30.6 Å². The van der Waals surface area contributed by atoms with Crippen LogP contribution in [0.5, 0.6) is 0 Å². The fourth-order valence-corrected chi connectivity index (χ4v) is 2.39. The molecule has 1 heterocycles. The molecule has 1 aromatic carbocycles. The van der Waals surface area contributed by atoms with E-state index in [2.05, 4.69) is 48.3 Å². The first-order valence-electron chi connectivity index (χ1n) is 6.37. The Morgan fingerprint density at radius 3 is 2.62 bits per heavy atom. The van der Waals surface area contributed by atoms with Gasteiger partial charge in [0, 0.05) is 24.8 Å². The van der Waals surface area contributed by atoms with Crippen molar-refractivity contribution in [2.75, 3.05) is 18.0 Å². The van der Waals surface area contributed by atoms with Crippen molar-refractivity contribution < 1.29 is 0 Å². The van der Waals surface area contributed by atoms with Gasteiger partial charge >= 0.3 is 0 Å². The summed E-state index contributed by atoms with van der Waals surface area (Å²) in [7, 11) is 0. The number of hydrogen-bond donors (Lipinski definition) is 1. The molecule has 1 N–H and O–H groups in total. The molecule has 0 amide bonds. The van der Waals surface area contributed by atoms with Gasteiger partial charge in [-0.05, 0) is 44.0 Å². The maximum Gasteiger partial charge on any atom is 0.0368 e. The highest BCUT2D eigenvalue weighted by Gasteiger charge is 2.19. The largest absolute Gasteiger partial charge is 0.369 e. The summed E-state index contributed by atoms with van der Waals surface area (Å²) in [6.07, 6.45) is 2.67. The van der Waals surface area contributed by atoms with Crippen LogP contribution in [-0.4, -0.2) is 19.1 Å². The normalized spacial score (nSPS) is 20.4. The van der Waals surface area contributed by atoms with Crippen molar-refractivity contribution in [2.45, 2.75) is 39.3 Å². The molecular weight excluding hydrogens is 196 g/mol. The van der Waals surface area contributed by atoms with Gasteiger partial charge in [-0.2, -0.15) is 0 Å². The molecule has 1 saturated heterocycles. The van der Waals surface area contributed by atoms with E-state index in [0.717, 1.165) is 13.1 Å². The van der Waals surface area contributed by atoms with Crippen LogP contribution in [0.3, 0.4) is 0 Å². The minimum atomic E-state index is 0.708. The third kappa shape index (κ3) is 2.56. The Morgan fingerprint density at radius 2 is 2.06 bits per heavy atom. The Balaban J connectivity index is 2.01. The van der Waals surface area contributed by atoms with Crippen LogP contribution in [0.4, 0.5) is 5.69 Å². The summed E-state index contributed by atoms with van der Waals surface area (Å²) in [4.78, 5) is 2.51. The smallest absolute Gasteiger partial charge is 0.0368 e. The van der Waals surface area contributed by atoms with Gasteiger partial charge in [-0.15, -0.1) is 0 Å². The molecule has 2 rings (SSSR count). The lowest BCUT2D eigenvalue weighted by Gasteiger charge is -2.23. The van der Waals surface area contributed by atoms with Gasteiger partial charge in [0.2, 0.25) is 0 Å². The Morgan fingerprint density at radius 1 is 1.31 bits per heavy atom. The number of hydrogen-bond acceptors (Lipinski definition) is 2. The summed E-state index contributed by atoms with van der Waals surface area (Å²) in [6.45, 7) is 7.69.